The van der Waals surface area contributed by atoms with Crippen LogP contribution in [0.15, 0.2) is 0 Å². The Kier molecular flexibility index (Phi) is 4.42. The molecule has 13 heavy (non-hydrogen) atoms. The molecule has 0 spiro atoms. The summed E-state index contributed by atoms with van der Waals surface area (Å²) in [4.78, 5) is 2.42. The molecule has 3 atom stereocenters. The number of piperazine rings is 1. The zero-order valence-electron chi connectivity index (χ0n) is 9.06. The maximum absolute atomic E-state index is 4.69. The molecule has 0 aromatic heterocycles. The van der Waals surface area contributed by atoms with Gasteiger partial charge in [0, 0.05) is 25.2 Å². The van der Waals surface area contributed by atoms with Gasteiger partial charge in [-0.15, -0.1) is 11.7 Å². The van der Waals surface area contributed by atoms with Crippen molar-refractivity contribution in [2.45, 2.75) is 32.9 Å². The van der Waals surface area contributed by atoms with Gasteiger partial charge in [0.25, 0.3) is 0 Å². The van der Waals surface area contributed by atoms with E-state index < -0.39 is 0 Å². The number of nitrogens with zero attached hydrogens (tertiary/aromatic N) is 2. The highest BCUT2D eigenvalue weighted by Crippen LogP contribution is 2.39. The van der Waals surface area contributed by atoms with Crippen molar-refractivity contribution >= 4 is 21.8 Å². The Morgan fingerprint density at radius 1 is 1.31 bits per heavy atom. The molecule has 1 rings (SSSR count). The average molecular weight is 222 g/mol. The number of thiol groups is 2. The van der Waals surface area contributed by atoms with Crippen LogP contribution >= 0.6 is 21.8 Å². The Hall–Kier alpha value is 0.620. The van der Waals surface area contributed by atoms with Crippen LogP contribution in [-0.2, 0) is 0 Å². The normalized spacial score (nSPS) is 36.2. The lowest BCUT2D eigenvalue weighted by Gasteiger charge is -2.46. The molecule has 0 N–H and O–H groups in total. The first-order valence-electron chi connectivity index (χ1n) is 4.99. The van der Waals surface area contributed by atoms with Crippen LogP contribution in [0.3, 0.4) is 0 Å². The lowest BCUT2D eigenvalue weighted by molar-refractivity contribution is 0.133. The third kappa shape index (κ3) is 2.78. The van der Waals surface area contributed by atoms with E-state index >= 15 is 0 Å². The molecule has 0 amide bonds. The van der Waals surface area contributed by atoms with Crippen molar-refractivity contribution in [1.82, 2.24) is 9.21 Å². The van der Waals surface area contributed by atoms with Crippen molar-refractivity contribution in [3.63, 3.8) is 0 Å². The Morgan fingerprint density at radius 3 is 2.15 bits per heavy atom. The number of hydrogen-bond acceptors (Lipinski definition) is 3. The van der Waals surface area contributed by atoms with Gasteiger partial charge in [-0.1, -0.05) is 6.92 Å². The van der Waals surface area contributed by atoms with Crippen LogP contribution in [-0.4, -0.2) is 47.2 Å². The van der Waals surface area contributed by atoms with Crippen LogP contribution in [0.4, 0.5) is 0 Å². The highest BCUT2D eigenvalue weighted by Gasteiger charge is 2.29. The standard InChI is InChI=1S/C9H22N2S2/c1-5-13(12)11-8(2)6-10(4)7-9(11)3/h8-9,12-13H,5-7H2,1-4H3. The van der Waals surface area contributed by atoms with Crippen molar-refractivity contribution in [3.05, 3.63) is 0 Å². The summed E-state index contributed by atoms with van der Waals surface area (Å²) in [6, 6.07) is 1.33. The third-order valence-electron chi connectivity index (χ3n) is 2.60. The molecule has 0 aliphatic carbocycles. The van der Waals surface area contributed by atoms with Crippen LogP contribution in [0.25, 0.3) is 0 Å². The molecule has 0 bridgehead atoms. The average Bonchev–Trinajstić information content (AvgIpc) is 2.02. The number of hydrogen-bond donors (Lipinski definition) is 2. The molecule has 4 heteroatoms. The monoisotopic (exact) mass is 222 g/mol. The number of likely N-dealkylation sites (N-methyl/N-ethyl adjacent to an activating group) is 1. The van der Waals surface area contributed by atoms with E-state index in [0.717, 1.165) is 0 Å². The number of rotatable bonds is 2. The van der Waals surface area contributed by atoms with Gasteiger partial charge in [0.2, 0.25) is 0 Å². The summed E-state index contributed by atoms with van der Waals surface area (Å²) < 4.78 is 2.60. The van der Waals surface area contributed by atoms with Crippen molar-refractivity contribution in [2.75, 3.05) is 25.9 Å². The predicted molar refractivity (Wildman–Crippen MR) is 66.8 cm³/mol. The fourth-order valence-corrected chi connectivity index (χ4v) is 4.64. The molecule has 0 saturated carbocycles. The van der Waals surface area contributed by atoms with Crippen molar-refractivity contribution in [2.24, 2.45) is 0 Å². The highest BCUT2D eigenvalue weighted by molar-refractivity contribution is 8.77. The summed E-state index contributed by atoms with van der Waals surface area (Å²) in [5.41, 5.74) is 0. The van der Waals surface area contributed by atoms with Gasteiger partial charge < -0.3 is 4.90 Å². The molecular formula is C9H22N2S2. The second kappa shape index (κ2) is 4.91. The summed E-state index contributed by atoms with van der Waals surface area (Å²) in [6.45, 7) is 9.23. The molecular weight excluding hydrogens is 200 g/mol. The van der Waals surface area contributed by atoms with E-state index in [2.05, 4.69) is 37.0 Å². The molecule has 2 nitrogen and oxygen atoms in total. The summed E-state index contributed by atoms with van der Waals surface area (Å²) in [7, 11) is 2.01. The van der Waals surface area contributed by atoms with Crippen LogP contribution in [0.1, 0.15) is 20.8 Å². The zero-order chi connectivity index (χ0) is 10.0. The molecule has 1 fully saturated rings. The molecule has 3 unspecified atom stereocenters. The van der Waals surface area contributed by atoms with E-state index in [1.165, 1.54) is 18.8 Å². The van der Waals surface area contributed by atoms with E-state index in [1.807, 2.05) is 0 Å². The first-order valence-corrected chi connectivity index (χ1v) is 7.62. The van der Waals surface area contributed by atoms with Gasteiger partial charge in [-0.2, -0.15) is 10.1 Å². The summed E-state index contributed by atoms with van der Waals surface area (Å²) in [6.07, 6.45) is 0. The van der Waals surface area contributed by atoms with E-state index in [0.29, 0.717) is 12.1 Å². The topological polar surface area (TPSA) is 6.48 Å². The minimum absolute atomic E-state index is 0.193. The maximum Gasteiger partial charge on any atom is 0.0295 e. The molecule has 0 radical (unpaired) electrons. The van der Waals surface area contributed by atoms with Crippen molar-refractivity contribution < 1.29 is 0 Å². The largest absolute Gasteiger partial charge is 0.303 e. The summed E-state index contributed by atoms with van der Waals surface area (Å²) >= 11 is 4.69. The lowest BCUT2D eigenvalue weighted by atomic mass is 10.2. The second-order valence-corrected chi connectivity index (χ2v) is 7.21. The van der Waals surface area contributed by atoms with Gasteiger partial charge in [-0.3, -0.25) is 4.31 Å². The van der Waals surface area contributed by atoms with Crippen LogP contribution in [0, 0.1) is 0 Å². The van der Waals surface area contributed by atoms with Gasteiger partial charge in [0.05, 0.1) is 0 Å². The van der Waals surface area contributed by atoms with Crippen LogP contribution < -0.4 is 0 Å². The van der Waals surface area contributed by atoms with Crippen LogP contribution in [0.2, 0.25) is 0 Å². The zero-order valence-corrected chi connectivity index (χ0v) is 10.9. The van der Waals surface area contributed by atoms with Gasteiger partial charge in [0.15, 0.2) is 0 Å². The fourth-order valence-electron chi connectivity index (χ4n) is 2.20. The Balaban J connectivity index is 2.61. The predicted octanol–water partition coefficient (Wildman–Crippen LogP) is 1.79. The van der Waals surface area contributed by atoms with Gasteiger partial charge in [0.1, 0.15) is 0 Å². The first-order chi connectivity index (χ1) is 6.06. The smallest absolute Gasteiger partial charge is 0.0295 e. The Bertz CT molecular complexity index is 154. The Morgan fingerprint density at radius 2 is 1.77 bits per heavy atom. The molecule has 80 valence electrons. The van der Waals surface area contributed by atoms with Crippen molar-refractivity contribution in [1.29, 1.82) is 0 Å². The van der Waals surface area contributed by atoms with Crippen LogP contribution in [0.5, 0.6) is 0 Å². The quantitative estimate of drug-likeness (QED) is 0.543. The second-order valence-electron chi connectivity index (χ2n) is 3.99. The highest BCUT2D eigenvalue weighted by atomic mass is 33.1. The summed E-state index contributed by atoms with van der Waals surface area (Å²) in [5.74, 6) is 1.19. The molecule has 0 aromatic rings. The minimum Gasteiger partial charge on any atom is -0.303 e. The van der Waals surface area contributed by atoms with E-state index in [1.54, 1.807) is 0 Å². The van der Waals surface area contributed by atoms with Gasteiger partial charge in [-0.05, 0) is 26.6 Å². The Labute approximate surface area is 90.0 Å². The summed E-state index contributed by atoms with van der Waals surface area (Å²) in [5, 5.41) is 0. The SMILES string of the molecule is CC[SH](S)N1C(C)CN(C)CC1C. The minimum atomic E-state index is -0.193. The molecule has 0 aromatic carbocycles. The maximum atomic E-state index is 4.69. The van der Waals surface area contributed by atoms with E-state index in [9.17, 15) is 0 Å². The third-order valence-corrected chi connectivity index (χ3v) is 5.96. The van der Waals surface area contributed by atoms with Gasteiger partial charge in [-0.25, -0.2) is 0 Å². The first kappa shape index (κ1) is 11.7. The lowest BCUT2D eigenvalue weighted by Crippen LogP contribution is -2.53. The molecule has 1 heterocycles. The van der Waals surface area contributed by atoms with Crippen molar-refractivity contribution in [3.8, 4) is 0 Å². The van der Waals surface area contributed by atoms with Gasteiger partial charge >= 0.3 is 0 Å². The molecule has 1 saturated heterocycles. The fraction of sp³-hybridized carbons (Fsp3) is 1.00. The van der Waals surface area contributed by atoms with E-state index in [-0.39, 0.29) is 10.1 Å². The molecule has 1 aliphatic heterocycles. The molecule has 1 aliphatic rings. The van der Waals surface area contributed by atoms with E-state index in [4.69, 9.17) is 11.7 Å².